The van der Waals surface area contributed by atoms with Crippen molar-refractivity contribution < 1.29 is 9.53 Å². The van der Waals surface area contributed by atoms with Crippen LogP contribution >= 0.6 is 0 Å². The summed E-state index contributed by atoms with van der Waals surface area (Å²) in [6, 6.07) is 7.25. The number of benzene rings is 1. The summed E-state index contributed by atoms with van der Waals surface area (Å²) in [5.41, 5.74) is 7.16. The van der Waals surface area contributed by atoms with Crippen LogP contribution in [0, 0.1) is 0 Å². The number of carbonyl (C=O) groups excluding carboxylic acids is 1. The maximum absolute atomic E-state index is 11.9. The average Bonchev–Trinajstić information content (AvgIpc) is 2.40. The minimum atomic E-state index is 0.0339. The second-order valence-corrected chi connectivity index (χ2v) is 6.13. The van der Waals surface area contributed by atoms with E-state index in [-0.39, 0.29) is 11.4 Å². The SMILES string of the molecule is CC1(C)COCCN1CCCC(=O)Nc1cccc(N)c1. The molecule has 1 fully saturated rings. The third-order valence-corrected chi connectivity index (χ3v) is 3.82. The first-order valence-corrected chi connectivity index (χ1v) is 7.45. The molecule has 1 amide bonds. The summed E-state index contributed by atoms with van der Waals surface area (Å²) in [6.07, 6.45) is 1.36. The second kappa shape index (κ2) is 6.91. The molecule has 1 aromatic rings. The molecule has 1 saturated heterocycles. The smallest absolute Gasteiger partial charge is 0.224 e. The Labute approximate surface area is 126 Å². The van der Waals surface area contributed by atoms with Crippen LogP contribution in [0.1, 0.15) is 26.7 Å². The van der Waals surface area contributed by atoms with Gasteiger partial charge in [-0.1, -0.05) is 6.07 Å². The normalized spacial score (nSPS) is 18.4. The van der Waals surface area contributed by atoms with Crippen LogP contribution in [0.3, 0.4) is 0 Å². The fourth-order valence-corrected chi connectivity index (χ4v) is 2.58. The lowest BCUT2D eigenvalue weighted by Crippen LogP contribution is -2.53. The molecular weight excluding hydrogens is 266 g/mol. The summed E-state index contributed by atoms with van der Waals surface area (Å²) in [7, 11) is 0. The molecule has 0 spiro atoms. The fourth-order valence-electron chi connectivity index (χ4n) is 2.58. The van der Waals surface area contributed by atoms with Gasteiger partial charge in [-0.3, -0.25) is 9.69 Å². The van der Waals surface area contributed by atoms with Crippen LogP contribution in [-0.4, -0.2) is 42.6 Å². The Bertz CT molecular complexity index is 488. The Morgan fingerprint density at radius 2 is 2.29 bits per heavy atom. The van der Waals surface area contributed by atoms with Gasteiger partial charge in [0, 0.05) is 29.9 Å². The quantitative estimate of drug-likeness (QED) is 0.815. The van der Waals surface area contributed by atoms with Crippen molar-refractivity contribution in [3.05, 3.63) is 24.3 Å². The van der Waals surface area contributed by atoms with Gasteiger partial charge in [-0.2, -0.15) is 0 Å². The molecule has 2 rings (SSSR count). The third-order valence-electron chi connectivity index (χ3n) is 3.82. The maximum Gasteiger partial charge on any atom is 0.224 e. The highest BCUT2D eigenvalue weighted by molar-refractivity contribution is 5.91. The minimum Gasteiger partial charge on any atom is -0.399 e. The molecule has 1 aliphatic rings. The van der Waals surface area contributed by atoms with Gasteiger partial charge >= 0.3 is 0 Å². The molecule has 5 heteroatoms. The van der Waals surface area contributed by atoms with Crippen molar-refractivity contribution in [3.63, 3.8) is 0 Å². The second-order valence-electron chi connectivity index (χ2n) is 6.13. The number of morpholine rings is 1. The van der Waals surface area contributed by atoms with Crippen LogP contribution in [-0.2, 0) is 9.53 Å². The van der Waals surface area contributed by atoms with E-state index < -0.39 is 0 Å². The molecule has 1 aromatic carbocycles. The van der Waals surface area contributed by atoms with E-state index in [0.29, 0.717) is 12.1 Å². The average molecular weight is 291 g/mol. The summed E-state index contributed by atoms with van der Waals surface area (Å²) in [4.78, 5) is 14.3. The molecule has 21 heavy (non-hydrogen) atoms. The first-order chi connectivity index (χ1) is 9.97. The van der Waals surface area contributed by atoms with Gasteiger partial charge in [-0.25, -0.2) is 0 Å². The summed E-state index contributed by atoms with van der Waals surface area (Å²) in [6.45, 7) is 7.74. The molecular formula is C16H25N3O2. The molecule has 116 valence electrons. The number of rotatable bonds is 5. The van der Waals surface area contributed by atoms with Crippen LogP contribution in [0.15, 0.2) is 24.3 Å². The van der Waals surface area contributed by atoms with Crippen molar-refractivity contribution in [2.24, 2.45) is 0 Å². The molecule has 1 aliphatic heterocycles. The van der Waals surface area contributed by atoms with Crippen molar-refractivity contribution in [2.45, 2.75) is 32.2 Å². The minimum absolute atomic E-state index is 0.0339. The Balaban J connectivity index is 1.74. The lowest BCUT2D eigenvalue weighted by molar-refractivity contribution is -0.116. The number of amides is 1. The van der Waals surface area contributed by atoms with Gasteiger partial charge < -0.3 is 15.8 Å². The number of nitrogen functional groups attached to an aromatic ring is 1. The van der Waals surface area contributed by atoms with E-state index in [1.807, 2.05) is 12.1 Å². The summed E-state index contributed by atoms with van der Waals surface area (Å²) in [5.74, 6) is 0.0339. The van der Waals surface area contributed by atoms with E-state index in [2.05, 4.69) is 24.1 Å². The highest BCUT2D eigenvalue weighted by atomic mass is 16.5. The predicted octanol–water partition coefficient (Wildman–Crippen LogP) is 2.10. The zero-order valence-corrected chi connectivity index (χ0v) is 12.9. The number of hydrogen-bond acceptors (Lipinski definition) is 4. The first kappa shape index (κ1) is 15.8. The molecule has 1 heterocycles. The van der Waals surface area contributed by atoms with Crippen LogP contribution in [0.5, 0.6) is 0 Å². The van der Waals surface area contributed by atoms with Gasteiger partial charge in [-0.05, 0) is 45.0 Å². The highest BCUT2D eigenvalue weighted by Gasteiger charge is 2.29. The van der Waals surface area contributed by atoms with Crippen molar-refractivity contribution >= 4 is 17.3 Å². The number of hydrogen-bond donors (Lipinski definition) is 2. The van der Waals surface area contributed by atoms with E-state index in [9.17, 15) is 4.79 Å². The molecule has 0 aliphatic carbocycles. The van der Waals surface area contributed by atoms with Crippen molar-refractivity contribution in [1.29, 1.82) is 0 Å². The number of nitrogens with zero attached hydrogens (tertiary/aromatic N) is 1. The number of nitrogens with one attached hydrogen (secondary N) is 1. The molecule has 0 saturated carbocycles. The van der Waals surface area contributed by atoms with E-state index >= 15 is 0 Å². The Morgan fingerprint density at radius 1 is 1.48 bits per heavy atom. The highest BCUT2D eigenvalue weighted by Crippen LogP contribution is 2.19. The van der Waals surface area contributed by atoms with Gasteiger partial charge in [-0.15, -0.1) is 0 Å². The molecule has 0 aromatic heterocycles. The molecule has 0 radical (unpaired) electrons. The fraction of sp³-hybridized carbons (Fsp3) is 0.562. The van der Waals surface area contributed by atoms with Gasteiger partial charge in [0.2, 0.25) is 5.91 Å². The molecule has 3 N–H and O–H groups in total. The lowest BCUT2D eigenvalue weighted by Gasteiger charge is -2.42. The van der Waals surface area contributed by atoms with Crippen LogP contribution in [0.4, 0.5) is 11.4 Å². The number of nitrogens with two attached hydrogens (primary N) is 1. The molecule has 0 atom stereocenters. The molecule has 0 bridgehead atoms. The number of carbonyl (C=O) groups is 1. The van der Waals surface area contributed by atoms with Crippen molar-refractivity contribution in [3.8, 4) is 0 Å². The third kappa shape index (κ3) is 4.72. The lowest BCUT2D eigenvalue weighted by atomic mass is 10.0. The van der Waals surface area contributed by atoms with Crippen LogP contribution in [0.25, 0.3) is 0 Å². The van der Waals surface area contributed by atoms with E-state index in [0.717, 1.165) is 38.4 Å². The largest absolute Gasteiger partial charge is 0.399 e. The van der Waals surface area contributed by atoms with Gasteiger partial charge in [0.25, 0.3) is 0 Å². The van der Waals surface area contributed by atoms with Gasteiger partial charge in [0.05, 0.1) is 13.2 Å². The van der Waals surface area contributed by atoms with Crippen LogP contribution in [0.2, 0.25) is 0 Å². The number of anilines is 2. The van der Waals surface area contributed by atoms with E-state index in [4.69, 9.17) is 10.5 Å². The maximum atomic E-state index is 11.9. The van der Waals surface area contributed by atoms with Crippen LogP contribution < -0.4 is 11.1 Å². The first-order valence-electron chi connectivity index (χ1n) is 7.45. The summed E-state index contributed by atoms with van der Waals surface area (Å²) in [5, 5.41) is 2.88. The van der Waals surface area contributed by atoms with Crippen molar-refractivity contribution in [1.82, 2.24) is 4.90 Å². The Hall–Kier alpha value is -1.59. The molecule has 5 nitrogen and oxygen atoms in total. The Morgan fingerprint density at radius 3 is 3.00 bits per heavy atom. The monoisotopic (exact) mass is 291 g/mol. The predicted molar refractivity (Wildman–Crippen MR) is 85.2 cm³/mol. The number of ether oxygens (including phenoxy) is 1. The van der Waals surface area contributed by atoms with Gasteiger partial charge in [0.1, 0.15) is 0 Å². The van der Waals surface area contributed by atoms with Crippen molar-refractivity contribution in [2.75, 3.05) is 37.4 Å². The standard InChI is InChI=1S/C16H25N3O2/c1-16(2)12-21-10-9-19(16)8-4-7-15(20)18-14-6-3-5-13(17)11-14/h3,5-6,11H,4,7-10,12,17H2,1-2H3,(H,18,20). The summed E-state index contributed by atoms with van der Waals surface area (Å²) >= 11 is 0. The van der Waals surface area contributed by atoms with E-state index in [1.165, 1.54) is 0 Å². The molecule has 0 unspecified atom stereocenters. The summed E-state index contributed by atoms with van der Waals surface area (Å²) < 4.78 is 5.50. The topological polar surface area (TPSA) is 67.6 Å². The van der Waals surface area contributed by atoms with Gasteiger partial charge in [0.15, 0.2) is 0 Å². The van der Waals surface area contributed by atoms with E-state index in [1.54, 1.807) is 12.1 Å². The Kier molecular flexibility index (Phi) is 5.20. The zero-order valence-electron chi connectivity index (χ0n) is 12.9. The zero-order chi connectivity index (χ0) is 15.3.